The number of rotatable bonds is 1. The summed E-state index contributed by atoms with van der Waals surface area (Å²) in [7, 11) is 0. The van der Waals surface area contributed by atoms with Crippen molar-refractivity contribution in [1.82, 2.24) is 5.32 Å². The van der Waals surface area contributed by atoms with E-state index in [-0.39, 0.29) is 16.9 Å². The van der Waals surface area contributed by atoms with E-state index < -0.39 is 0 Å². The fourth-order valence-electron chi connectivity index (χ4n) is 2.49. The number of piperidine rings is 1. The molecule has 0 bridgehead atoms. The van der Waals surface area contributed by atoms with E-state index in [0.29, 0.717) is 6.04 Å². The third kappa shape index (κ3) is 1.76. The lowest BCUT2D eigenvalue weighted by molar-refractivity contribution is 0.260. The molecule has 0 aliphatic carbocycles. The lowest BCUT2D eigenvalue weighted by Gasteiger charge is -2.41. The standard InChI is InChI=1S/C13H19NO2/c1-9-13(2,6-3-7-14-9)10-4-5-11(15)12(16)8-10/h4-5,8-9,14-16H,3,6-7H2,1-2H3/t9-,13+/m0/s1. The summed E-state index contributed by atoms with van der Waals surface area (Å²) in [5, 5.41) is 22.3. The summed E-state index contributed by atoms with van der Waals surface area (Å²) < 4.78 is 0. The smallest absolute Gasteiger partial charge is 0.157 e. The highest BCUT2D eigenvalue weighted by Crippen LogP contribution is 2.38. The molecule has 0 spiro atoms. The Balaban J connectivity index is 2.37. The van der Waals surface area contributed by atoms with Crippen molar-refractivity contribution in [3.05, 3.63) is 23.8 Å². The van der Waals surface area contributed by atoms with E-state index in [0.717, 1.165) is 24.9 Å². The second-order valence-corrected chi connectivity index (χ2v) is 4.90. The summed E-state index contributed by atoms with van der Waals surface area (Å²) >= 11 is 0. The van der Waals surface area contributed by atoms with Crippen LogP contribution in [0.4, 0.5) is 0 Å². The van der Waals surface area contributed by atoms with E-state index in [1.165, 1.54) is 0 Å². The molecule has 1 saturated heterocycles. The molecule has 0 radical (unpaired) electrons. The van der Waals surface area contributed by atoms with Gasteiger partial charge in [0.25, 0.3) is 0 Å². The molecule has 16 heavy (non-hydrogen) atoms. The van der Waals surface area contributed by atoms with Crippen LogP contribution in [0.5, 0.6) is 11.5 Å². The number of benzene rings is 1. The number of aromatic hydroxyl groups is 2. The molecule has 1 heterocycles. The Bertz CT molecular complexity index is 392. The van der Waals surface area contributed by atoms with Crippen LogP contribution in [0, 0.1) is 0 Å². The molecule has 1 fully saturated rings. The molecule has 0 aromatic heterocycles. The third-order valence-corrected chi connectivity index (χ3v) is 3.91. The highest BCUT2D eigenvalue weighted by molar-refractivity contribution is 5.43. The van der Waals surface area contributed by atoms with Gasteiger partial charge >= 0.3 is 0 Å². The predicted octanol–water partition coefficient (Wildman–Crippen LogP) is 2.13. The minimum atomic E-state index is -0.0521. The van der Waals surface area contributed by atoms with Crippen LogP contribution in [0.3, 0.4) is 0 Å². The number of phenolic OH excluding ortho intramolecular Hbond substituents is 2. The Hall–Kier alpha value is -1.22. The topological polar surface area (TPSA) is 52.5 Å². The van der Waals surface area contributed by atoms with E-state index in [1.807, 2.05) is 6.07 Å². The summed E-state index contributed by atoms with van der Waals surface area (Å²) in [5.74, 6) is -0.0831. The molecule has 0 unspecified atom stereocenters. The molecule has 2 rings (SSSR count). The van der Waals surface area contributed by atoms with Crippen molar-refractivity contribution in [1.29, 1.82) is 0 Å². The summed E-state index contributed by atoms with van der Waals surface area (Å²) in [6, 6.07) is 5.53. The molecular formula is C13H19NO2. The van der Waals surface area contributed by atoms with E-state index in [4.69, 9.17) is 0 Å². The molecular weight excluding hydrogens is 202 g/mol. The quantitative estimate of drug-likeness (QED) is 0.637. The van der Waals surface area contributed by atoms with Crippen molar-refractivity contribution in [3.63, 3.8) is 0 Å². The molecule has 3 N–H and O–H groups in total. The Labute approximate surface area is 96.1 Å². The fourth-order valence-corrected chi connectivity index (χ4v) is 2.49. The Morgan fingerprint density at radius 2 is 2.06 bits per heavy atom. The molecule has 3 heteroatoms. The summed E-state index contributed by atoms with van der Waals surface area (Å²) in [4.78, 5) is 0. The van der Waals surface area contributed by atoms with Gasteiger partial charge < -0.3 is 15.5 Å². The van der Waals surface area contributed by atoms with Crippen LogP contribution in [0.2, 0.25) is 0 Å². The van der Waals surface area contributed by atoms with Crippen LogP contribution in [0.25, 0.3) is 0 Å². The van der Waals surface area contributed by atoms with Crippen molar-refractivity contribution in [2.24, 2.45) is 0 Å². The fraction of sp³-hybridized carbons (Fsp3) is 0.538. The number of nitrogens with one attached hydrogen (secondary N) is 1. The van der Waals surface area contributed by atoms with Crippen LogP contribution >= 0.6 is 0 Å². The molecule has 1 aromatic rings. The largest absolute Gasteiger partial charge is 0.504 e. The van der Waals surface area contributed by atoms with Gasteiger partial charge in [0.15, 0.2) is 11.5 Å². The lowest BCUT2D eigenvalue weighted by Crippen LogP contribution is -2.49. The highest BCUT2D eigenvalue weighted by atomic mass is 16.3. The predicted molar refractivity (Wildman–Crippen MR) is 63.8 cm³/mol. The number of phenols is 2. The number of hydrogen-bond acceptors (Lipinski definition) is 3. The summed E-state index contributed by atoms with van der Waals surface area (Å²) in [5.41, 5.74) is 1.12. The number of hydrogen-bond donors (Lipinski definition) is 3. The van der Waals surface area contributed by atoms with E-state index in [2.05, 4.69) is 19.2 Å². The molecule has 0 saturated carbocycles. The average Bonchev–Trinajstić information content (AvgIpc) is 2.26. The molecule has 1 aliphatic heterocycles. The molecule has 2 atom stereocenters. The normalized spacial score (nSPS) is 30.2. The molecule has 1 aliphatic rings. The molecule has 1 aromatic carbocycles. The zero-order chi connectivity index (χ0) is 11.8. The van der Waals surface area contributed by atoms with Gasteiger partial charge in [-0.15, -0.1) is 0 Å². The molecule has 88 valence electrons. The molecule has 0 amide bonds. The Kier molecular flexibility index (Phi) is 2.80. The van der Waals surface area contributed by atoms with Crippen LogP contribution in [-0.4, -0.2) is 22.8 Å². The van der Waals surface area contributed by atoms with Gasteiger partial charge in [0.2, 0.25) is 0 Å². The highest BCUT2D eigenvalue weighted by Gasteiger charge is 2.35. The monoisotopic (exact) mass is 221 g/mol. The summed E-state index contributed by atoms with van der Waals surface area (Å²) in [6.07, 6.45) is 2.24. The van der Waals surface area contributed by atoms with Crippen molar-refractivity contribution < 1.29 is 10.2 Å². The Morgan fingerprint density at radius 3 is 2.69 bits per heavy atom. The van der Waals surface area contributed by atoms with Gasteiger partial charge in [0.1, 0.15) is 0 Å². The van der Waals surface area contributed by atoms with Gasteiger partial charge in [-0.1, -0.05) is 13.0 Å². The first-order valence-electron chi connectivity index (χ1n) is 5.80. The van der Waals surface area contributed by atoms with Crippen molar-refractivity contribution >= 4 is 0 Å². The van der Waals surface area contributed by atoms with Crippen molar-refractivity contribution in [2.45, 2.75) is 38.1 Å². The SMILES string of the molecule is C[C@@H]1NCCC[C@@]1(C)c1ccc(O)c(O)c1. The zero-order valence-electron chi connectivity index (χ0n) is 9.83. The Morgan fingerprint density at radius 1 is 1.31 bits per heavy atom. The van der Waals surface area contributed by atoms with Gasteiger partial charge in [-0.05, 0) is 44.0 Å². The van der Waals surface area contributed by atoms with Gasteiger partial charge in [0, 0.05) is 11.5 Å². The van der Waals surface area contributed by atoms with Crippen LogP contribution in [-0.2, 0) is 5.41 Å². The second-order valence-electron chi connectivity index (χ2n) is 4.90. The van der Waals surface area contributed by atoms with Gasteiger partial charge in [0.05, 0.1) is 0 Å². The van der Waals surface area contributed by atoms with Crippen LogP contribution in [0.15, 0.2) is 18.2 Å². The van der Waals surface area contributed by atoms with E-state index in [9.17, 15) is 10.2 Å². The van der Waals surface area contributed by atoms with Crippen molar-refractivity contribution in [2.75, 3.05) is 6.54 Å². The second kappa shape index (κ2) is 3.98. The lowest BCUT2D eigenvalue weighted by atomic mass is 9.71. The van der Waals surface area contributed by atoms with Crippen LogP contribution < -0.4 is 5.32 Å². The first-order valence-corrected chi connectivity index (χ1v) is 5.80. The molecule has 3 nitrogen and oxygen atoms in total. The minimum absolute atomic E-state index is 0.0310. The zero-order valence-corrected chi connectivity index (χ0v) is 9.83. The first kappa shape index (κ1) is 11.3. The van der Waals surface area contributed by atoms with E-state index >= 15 is 0 Å². The maximum absolute atomic E-state index is 9.56. The average molecular weight is 221 g/mol. The van der Waals surface area contributed by atoms with Crippen LogP contribution in [0.1, 0.15) is 32.3 Å². The minimum Gasteiger partial charge on any atom is -0.504 e. The van der Waals surface area contributed by atoms with Crippen molar-refractivity contribution in [3.8, 4) is 11.5 Å². The van der Waals surface area contributed by atoms with Gasteiger partial charge in [-0.25, -0.2) is 0 Å². The van der Waals surface area contributed by atoms with Gasteiger partial charge in [-0.2, -0.15) is 0 Å². The summed E-state index contributed by atoms with van der Waals surface area (Å²) in [6.45, 7) is 5.43. The van der Waals surface area contributed by atoms with Gasteiger partial charge in [-0.3, -0.25) is 0 Å². The van der Waals surface area contributed by atoms with E-state index in [1.54, 1.807) is 12.1 Å². The maximum Gasteiger partial charge on any atom is 0.157 e. The first-order chi connectivity index (χ1) is 7.54. The third-order valence-electron chi connectivity index (χ3n) is 3.91. The maximum atomic E-state index is 9.56.